The number of anilines is 2. The minimum Gasteiger partial charge on any atom is -0.493 e. The van der Waals surface area contributed by atoms with Crippen LogP contribution in [-0.4, -0.2) is 30.5 Å². The zero-order chi connectivity index (χ0) is 24.7. The molecule has 0 bridgehead atoms. The van der Waals surface area contributed by atoms with Crippen molar-refractivity contribution in [3.8, 4) is 11.5 Å². The van der Waals surface area contributed by atoms with Crippen LogP contribution in [-0.2, 0) is 16.1 Å². The minimum absolute atomic E-state index is 0.0815. The number of nitrogens with zero attached hydrogens (tertiary/aromatic N) is 2. The molecule has 0 unspecified atom stereocenters. The molecule has 1 N–H and O–H groups in total. The quantitative estimate of drug-likeness (QED) is 0.431. The van der Waals surface area contributed by atoms with Gasteiger partial charge < -0.3 is 14.8 Å². The van der Waals surface area contributed by atoms with Crippen LogP contribution in [0.25, 0.3) is 6.08 Å². The van der Waals surface area contributed by atoms with E-state index in [9.17, 15) is 22.8 Å². The van der Waals surface area contributed by atoms with E-state index in [0.29, 0.717) is 11.3 Å². The van der Waals surface area contributed by atoms with Gasteiger partial charge in [0, 0.05) is 24.9 Å². The molecule has 1 aromatic heterocycles. The molecule has 34 heavy (non-hydrogen) atoms. The molecule has 0 saturated carbocycles. The first-order valence-electron chi connectivity index (χ1n) is 9.87. The minimum atomic E-state index is -2.98. The van der Waals surface area contributed by atoms with Gasteiger partial charge in [0.05, 0.1) is 18.5 Å². The fraction of sp³-hybridized carbons (Fsp3) is 0.174. The monoisotopic (exact) mass is 491 g/mol. The molecule has 3 aromatic rings. The van der Waals surface area contributed by atoms with Crippen molar-refractivity contribution in [2.24, 2.45) is 0 Å². The molecule has 178 valence electrons. The van der Waals surface area contributed by atoms with E-state index in [4.69, 9.17) is 4.74 Å². The molecule has 0 saturated heterocycles. The van der Waals surface area contributed by atoms with E-state index in [1.54, 1.807) is 11.4 Å². The van der Waals surface area contributed by atoms with Crippen molar-refractivity contribution in [1.82, 2.24) is 10.3 Å². The van der Waals surface area contributed by atoms with Gasteiger partial charge in [-0.2, -0.15) is 8.78 Å². The Morgan fingerprint density at radius 1 is 1.21 bits per heavy atom. The maximum Gasteiger partial charge on any atom is 0.387 e. The summed E-state index contributed by atoms with van der Waals surface area (Å²) in [5.74, 6) is -1.40. The number of carbonyl (C=O) groups is 2. The highest BCUT2D eigenvalue weighted by Gasteiger charge is 2.20. The number of benzene rings is 2. The number of methoxy groups -OCH3 is 1. The standard InChI is InChI=1S/C23H20F3N3O4S/c1-14(30)29(18-6-4-3-5-17(18)24)23-28-16(13-34-23)8-10-21(31)27-12-15-7-9-19(33-22(25)26)20(11-15)32-2/h3-11,13,22H,12H2,1-2H3,(H,27,31)/b10-8+. The van der Waals surface area contributed by atoms with Gasteiger partial charge in [0.25, 0.3) is 0 Å². The highest BCUT2D eigenvalue weighted by molar-refractivity contribution is 7.14. The molecule has 0 spiro atoms. The molecule has 0 fully saturated rings. The number of aromatic nitrogens is 1. The fourth-order valence-corrected chi connectivity index (χ4v) is 3.77. The first kappa shape index (κ1) is 24.8. The first-order chi connectivity index (χ1) is 16.3. The average Bonchev–Trinajstić information content (AvgIpc) is 3.26. The molecule has 0 atom stereocenters. The summed E-state index contributed by atoms with van der Waals surface area (Å²) in [7, 11) is 1.32. The van der Waals surface area contributed by atoms with Gasteiger partial charge in [-0.3, -0.25) is 14.5 Å². The predicted octanol–water partition coefficient (Wildman–Crippen LogP) is 4.91. The van der Waals surface area contributed by atoms with Crippen LogP contribution < -0.4 is 19.7 Å². The maximum atomic E-state index is 14.2. The third kappa shape index (κ3) is 6.35. The molecule has 11 heteroatoms. The third-order valence-corrected chi connectivity index (χ3v) is 5.27. The SMILES string of the molecule is COc1cc(CNC(=O)/C=C/c2csc(N(C(C)=O)c3ccccc3F)n2)ccc1OC(F)F. The van der Waals surface area contributed by atoms with Gasteiger partial charge in [-0.05, 0) is 35.9 Å². The Hall–Kier alpha value is -3.86. The van der Waals surface area contributed by atoms with E-state index in [1.807, 2.05) is 0 Å². The lowest BCUT2D eigenvalue weighted by molar-refractivity contribution is -0.117. The van der Waals surface area contributed by atoms with Crippen molar-refractivity contribution in [2.45, 2.75) is 20.1 Å². The van der Waals surface area contributed by atoms with Gasteiger partial charge >= 0.3 is 6.61 Å². The molecular weight excluding hydrogens is 471 g/mol. The van der Waals surface area contributed by atoms with Gasteiger partial charge in [-0.15, -0.1) is 11.3 Å². The lowest BCUT2D eigenvalue weighted by Gasteiger charge is -2.18. The van der Waals surface area contributed by atoms with E-state index >= 15 is 0 Å². The number of ether oxygens (including phenoxy) is 2. The Morgan fingerprint density at radius 2 is 1.97 bits per heavy atom. The summed E-state index contributed by atoms with van der Waals surface area (Å²) in [4.78, 5) is 29.7. The van der Waals surface area contributed by atoms with Crippen molar-refractivity contribution in [2.75, 3.05) is 12.0 Å². The van der Waals surface area contributed by atoms with Crippen LogP contribution in [0.5, 0.6) is 11.5 Å². The Balaban J connectivity index is 1.64. The van der Waals surface area contributed by atoms with Crippen LogP contribution in [0, 0.1) is 5.82 Å². The smallest absolute Gasteiger partial charge is 0.387 e. The molecular formula is C23H20F3N3O4S. The lowest BCUT2D eigenvalue weighted by Crippen LogP contribution is -2.23. The molecule has 0 aliphatic heterocycles. The van der Waals surface area contributed by atoms with Crippen LogP contribution >= 0.6 is 11.3 Å². The lowest BCUT2D eigenvalue weighted by atomic mass is 10.2. The molecule has 3 rings (SSSR count). The summed E-state index contributed by atoms with van der Waals surface area (Å²) in [6, 6.07) is 10.2. The fourth-order valence-electron chi connectivity index (χ4n) is 2.92. The van der Waals surface area contributed by atoms with Crippen molar-refractivity contribution in [3.63, 3.8) is 0 Å². The summed E-state index contributed by atoms with van der Waals surface area (Å²) in [5.41, 5.74) is 1.10. The van der Waals surface area contributed by atoms with Gasteiger partial charge in [0.2, 0.25) is 11.8 Å². The molecule has 0 aliphatic carbocycles. The second-order valence-corrected chi connectivity index (χ2v) is 7.61. The average molecular weight is 491 g/mol. The Kier molecular flexibility index (Phi) is 8.25. The Morgan fingerprint density at radius 3 is 2.65 bits per heavy atom. The van der Waals surface area contributed by atoms with Gasteiger partial charge in [-0.25, -0.2) is 9.37 Å². The molecule has 2 amide bonds. The summed E-state index contributed by atoms with van der Waals surface area (Å²) < 4.78 is 48.4. The van der Waals surface area contributed by atoms with Crippen molar-refractivity contribution in [1.29, 1.82) is 0 Å². The normalized spacial score (nSPS) is 11.0. The predicted molar refractivity (Wildman–Crippen MR) is 122 cm³/mol. The number of hydrogen-bond donors (Lipinski definition) is 1. The molecule has 2 aromatic carbocycles. The van der Waals surface area contributed by atoms with E-state index in [-0.39, 0.29) is 28.9 Å². The highest BCUT2D eigenvalue weighted by Crippen LogP contribution is 2.31. The molecule has 0 aliphatic rings. The number of thiazole rings is 1. The van der Waals surface area contributed by atoms with Crippen LogP contribution in [0.1, 0.15) is 18.2 Å². The van der Waals surface area contributed by atoms with Gasteiger partial charge in [-0.1, -0.05) is 18.2 Å². The van der Waals surface area contributed by atoms with E-state index in [2.05, 4.69) is 15.0 Å². The topological polar surface area (TPSA) is 80.8 Å². The second kappa shape index (κ2) is 11.3. The maximum absolute atomic E-state index is 14.2. The number of para-hydroxylation sites is 1. The van der Waals surface area contributed by atoms with Crippen LogP contribution in [0.15, 0.2) is 53.9 Å². The van der Waals surface area contributed by atoms with Gasteiger partial charge in [0.15, 0.2) is 16.6 Å². The zero-order valence-corrected chi connectivity index (χ0v) is 18.9. The van der Waals surface area contributed by atoms with E-state index < -0.39 is 24.2 Å². The van der Waals surface area contributed by atoms with Crippen molar-refractivity contribution >= 4 is 40.0 Å². The molecule has 7 nitrogen and oxygen atoms in total. The largest absolute Gasteiger partial charge is 0.493 e. The highest BCUT2D eigenvalue weighted by atomic mass is 32.1. The number of rotatable bonds is 9. The van der Waals surface area contributed by atoms with E-state index in [1.165, 1.54) is 62.6 Å². The van der Waals surface area contributed by atoms with E-state index in [0.717, 1.165) is 16.2 Å². The number of amides is 2. The van der Waals surface area contributed by atoms with Gasteiger partial charge in [0.1, 0.15) is 5.82 Å². The first-order valence-corrected chi connectivity index (χ1v) is 10.7. The number of halogens is 3. The summed E-state index contributed by atoms with van der Waals surface area (Å²) in [6.07, 6.45) is 2.71. The number of hydrogen-bond acceptors (Lipinski definition) is 6. The summed E-state index contributed by atoms with van der Waals surface area (Å²) >= 11 is 1.13. The van der Waals surface area contributed by atoms with Crippen LogP contribution in [0.3, 0.4) is 0 Å². The van der Waals surface area contributed by atoms with Crippen molar-refractivity contribution < 1.29 is 32.2 Å². The molecule has 1 heterocycles. The number of nitrogens with one attached hydrogen (secondary N) is 1. The second-order valence-electron chi connectivity index (χ2n) is 6.78. The molecule has 0 radical (unpaired) electrons. The van der Waals surface area contributed by atoms with Crippen LogP contribution in [0.4, 0.5) is 24.0 Å². The summed E-state index contributed by atoms with van der Waals surface area (Å²) in [6.45, 7) is -1.56. The van der Waals surface area contributed by atoms with Crippen molar-refractivity contribution in [3.05, 3.63) is 71.0 Å². The zero-order valence-electron chi connectivity index (χ0n) is 18.1. The number of alkyl halides is 2. The Bertz CT molecular complexity index is 1200. The van der Waals surface area contributed by atoms with Crippen LogP contribution in [0.2, 0.25) is 0 Å². The number of carbonyl (C=O) groups excluding carboxylic acids is 2. The summed E-state index contributed by atoms with van der Waals surface area (Å²) in [5, 5.41) is 4.54. The Labute approximate surface area is 197 Å². The third-order valence-electron chi connectivity index (χ3n) is 4.43.